The summed E-state index contributed by atoms with van der Waals surface area (Å²) in [6.45, 7) is 0.202. The monoisotopic (exact) mass is 251 g/mol. The smallest absolute Gasteiger partial charge is 0.325 e. The molecule has 0 aromatic heterocycles. The lowest BCUT2D eigenvalue weighted by molar-refractivity contribution is -0.148. The molecule has 6 heteroatoms. The minimum Gasteiger partial charge on any atom is -0.468 e. The Morgan fingerprint density at radius 3 is 3.17 bits per heavy atom. The fraction of sp³-hybridized carbons (Fsp3) is 0.583. The number of nitrogens with two attached hydrogens (primary N) is 1. The average molecular weight is 251 g/mol. The first-order valence-electron chi connectivity index (χ1n) is 5.97. The van der Waals surface area contributed by atoms with Gasteiger partial charge in [0.15, 0.2) is 0 Å². The maximum absolute atomic E-state index is 12.1. The molecule has 0 saturated heterocycles. The van der Waals surface area contributed by atoms with E-state index < -0.39 is 12.0 Å². The first-order valence-corrected chi connectivity index (χ1v) is 5.97. The number of methoxy groups -OCH3 is 1. The van der Waals surface area contributed by atoms with E-state index >= 15 is 0 Å². The van der Waals surface area contributed by atoms with Crippen molar-refractivity contribution in [2.45, 2.75) is 24.9 Å². The van der Waals surface area contributed by atoms with Crippen LogP contribution in [0.25, 0.3) is 0 Å². The lowest BCUT2D eigenvalue weighted by atomic mass is 9.98. The second-order valence-corrected chi connectivity index (χ2v) is 4.41. The Bertz CT molecular complexity index is 417. The van der Waals surface area contributed by atoms with Crippen LogP contribution in [0.4, 0.5) is 0 Å². The lowest BCUT2D eigenvalue weighted by Gasteiger charge is -2.31. The Balaban J connectivity index is 2.26. The molecule has 1 amide bonds. The third kappa shape index (κ3) is 2.43. The molecule has 2 aliphatic rings. The van der Waals surface area contributed by atoms with Crippen molar-refractivity contribution in [1.29, 1.82) is 0 Å². The fourth-order valence-corrected chi connectivity index (χ4v) is 2.23. The van der Waals surface area contributed by atoms with E-state index in [0.29, 0.717) is 0 Å². The quantitative estimate of drug-likeness (QED) is 0.670. The molecule has 2 atom stereocenters. The van der Waals surface area contributed by atoms with Gasteiger partial charge in [-0.2, -0.15) is 0 Å². The van der Waals surface area contributed by atoms with E-state index in [2.05, 4.69) is 9.73 Å². The van der Waals surface area contributed by atoms with Gasteiger partial charge in [-0.05, 0) is 18.9 Å². The summed E-state index contributed by atoms with van der Waals surface area (Å²) < 4.78 is 4.63. The Morgan fingerprint density at radius 1 is 1.67 bits per heavy atom. The van der Waals surface area contributed by atoms with Crippen LogP contribution in [0.1, 0.15) is 12.8 Å². The Hall–Kier alpha value is -1.69. The van der Waals surface area contributed by atoms with Crippen LogP contribution in [-0.4, -0.2) is 54.8 Å². The van der Waals surface area contributed by atoms with Crippen molar-refractivity contribution >= 4 is 17.6 Å². The third-order valence-corrected chi connectivity index (χ3v) is 3.21. The van der Waals surface area contributed by atoms with Crippen LogP contribution in [0.3, 0.4) is 0 Å². The van der Waals surface area contributed by atoms with Gasteiger partial charge < -0.3 is 15.4 Å². The van der Waals surface area contributed by atoms with Crippen molar-refractivity contribution < 1.29 is 14.3 Å². The number of carbonyl (C=O) groups is 2. The topological polar surface area (TPSA) is 85.0 Å². The minimum absolute atomic E-state index is 0.0689. The van der Waals surface area contributed by atoms with Crippen molar-refractivity contribution in [2.75, 3.05) is 20.2 Å². The minimum atomic E-state index is -0.679. The normalized spacial score (nSPS) is 27.3. The number of hydrogen-bond donors (Lipinski definition) is 1. The van der Waals surface area contributed by atoms with Crippen LogP contribution in [0.15, 0.2) is 17.1 Å². The number of allylic oxidation sites excluding steroid dienone is 1. The number of esters is 1. The number of rotatable bonds is 2. The molecule has 1 aliphatic heterocycles. The zero-order valence-corrected chi connectivity index (χ0v) is 10.3. The number of nitrogens with zero attached hydrogens (tertiary/aromatic N) is 2. The molecule has 0 saturated carbocycles. The van der Waals surface area contributed by atoms with Gasteiger partial charge in [-0.25, -0.2) is 0 Å². The average Bonchev–Trinajstić information content (AvgIpc) is 2.51. The zero-order chi connectivity index (χ0) is 13.1. The first-order chi connectivity index (χ1) is 8.63. The summed E-state index contributed by atoms with van der Waals surface area (Å²) in [7, 11) is 1.31. The van der Waals surface area contributed by atoms with Crippen molar-refractivity contribution in [1.82, 2.24) is 4.90 Å². The summed E-state index contributed by atoms with van der Waals surface area (Å²) in [4.78, 5) is 29.4. The maximum atomic E-state index is 12.1. The highest BCUT2D eigenvalue weighted by molar-refractivity contribution is 6.04. The van der Waals surface area contributed by atoms with Crippen LogP contribution in [-0.2, 0) is 14.3 Å². The number of carbonyl (C=O) groups excluding carboxylic acids is 2. The van der Waals surface area contributed by atoms with Crippen LogP contribution in [0.2, 0.25) is 0 Å². The van der Waals surface area contributed by atoms with Crippen LogP contribution in [0, 0.1) is 0 Å². The van der Waals surface area contributed by atoms with Gasteiger partial charge >= 0.3 is 5.97 Å². The van der Waals surface area contributed by atoms with Gasteiger partial charge in [-0.3, -0.25) is 14.6 Å². The van der Waals surface area contributed by atoms with Gasteiger partial charge in [-0.1, -0.05) is 6.08 Å². The Kier molecular flexibility index (Phi) is 3.76. The molecule has 1 heterocycles. The SMILES string of the molecule is COC(=O)CN1C(=O)[C@@H](N)CN=C2C=CCCC21. The second-order valence-electron chi connectivity index (χ2n) is 4.41. The largest absolute Gasteiger partial charge is 0.468 e. The van der Waals surface area contributed by atoms with Crippen LogP contribution >= 0.6 is 0 Å². The van der Waals surface area contributed by atoms with Gasteiger partial charge in [0.05, 0.1) is 25.4 Å². The number of aliphatic imine (C=N–C) groups is 1. The second kappa shape index (κ2) is 5.30. The molecule has 0 radical (unpaired) electrons. The van der Waals surface area contributed by atoms with Crippen LogP contribution < -0.4 is 5.73 Å². The van der Waals surface area contributed by atoms with Gasteiger partial charge in [0.25, 0.3) is 0 Å². The highest BCUT2D eigenvalue weighted by atomic mass is 16.5. The highest BCUT2D eigenvalue weighted by Gasteiger charge is 2.34. The molecule has 6 nitrogen and oxygen atoms in total. The van der Waals surface area contributed by atoms with Gasteiger partial charge in [0.2, 0.25) is 5.91 Å². The molecular weight excluding hydrogens is 234 g/mol. The van der Waals surface area contributed by atoms with E-state index in [4.69, 9.17) is 5.73 Å². The van der Waals surface area contributed by atoms with E-state index in [0.717, 1.165) is 18.6 Å². The van der Waals surface area contributed by atoms with Crippen LogP contribution in [0.5, 0.6) is 0 Å². The molecule has 2 N–H and O–H groups in total. The highest BCUT2D eigenvalue weighted by Crippen LogP contribution is 2.19. The standard InChI is InChI=1S/C12H17N3O3/c1-18-11(16)7-15-10-5-3-2-4-9(10)14-6-8(13)12(15)17/h2,4,8,10H,3,5-7,13H2,1H3/t8-,10?/m0/s1. The Morgan fingerprint density at radius 2 is 2.44 bits per heavy atom. The Labute approximate surface area is 105 Å². The number of amides is 1. The number of fused-ring (bicyclic) bond motifs is 1. The summed E-state index contributed by atoms with van der Waals surface area (Å²) in [6, 6.07) is -0.837. The van der Waals surface area contributed by atoms with Gasteiger partial charge in [0, 0.05) is 0 Å². The van der Waals surface area contributed by atoms with E-state index in [9.17, 15) is 9.59 Å². The lowest BCUT2D eigenvalue weighted by Crippen LogP contribution is -2.52. The fourth-order valence-electron chi connectivity index (χ4n) is 2.23. The molecule has 98 valence electrons. The first kappa shape index (κ1) is 12.8. The molecule has 0 aromatic rings. The predicted octanol–water partition coefficient (Wildman–Crippen LogP) is -0.511. The van der Waals surface area contributed by atoms with Crippen molar-refractivity contribution in [3.63, 3.8) is 0 Å². The molecule has 0 bridgehead atoms. The summed E-state index contributed by atoms with van der Waals surface area (Å²) in [5.41, 5.74) is 6.59. The van der Waals surface area contributed by atoms with Crippen molar-refractivity contribution in [3.05, 3.63) is 12.2 Å². The molecule has 1 aliphatic carbocycles. The summed E-state index contributed by atoms with van der Waals surface area (Å²) in [6.07, 6.45) is 5.56. The summed E-state index contributed by atoms with van der Waals surface area (Å²) in [5.74, 6) is -0.675. The van der Waals surface area contributed by atoms with E-state index in [1.807, 2.05) is 12.2 Å². The third-order valence-electron chi connectivity index (χ3n) is 3.21. The van der Waals surface area contributed by atoms with E-state index in [1.54, 1.807) is 0 Å². The zero-order valence-electron chi connectivity index (χ0n) is 10.3. The molecule has 18 heavy (non-hydrogen) atoms. The molecule has 2 rings (SSSR count). The molecule has 1 unspecified atom stereocenters. The number of hydrogen-bond acceptors (Lipinski definition) is 5. The van der Waals surface area contributed by atoms with E-state index in [-0.39, 0.29) is 25.0 Å². The molecule has 0 spiro atoms. The molecule has 0 fully saturated rings. The van der Waals surface area contributed by atoms with E-state index in [1.165, 1.54) is 12.0 Å². The van der Waals surface area contributed by atoms with Crippen molar-refractivity contribution in [3.8, 4) is 0 Å². The summed E-state index contributed by atoms with van der Waals surface area (Å²) in [5, 5.41) is 0. The maximum Gasteiger partial charge on any atom is 0.325 e. The number of ether oxygens (including phenoxy) is 1. The molecular formula is C12H17N3O3. The predicted molar refractivity (Wildman–Crippen MR) is 66.2 cm³/mol. The summed E-state index contributed by atoms with van der Waals surface area (Å²) >= 11 is 0. The molecule has 0 aromatic carbocycles. The van der Waals surface area contributed by atoms with Gasteiger partial charge in [0.1, 0.15) is 12.6 Å². The van der Waals surface area contributed by atoms with Gasteiger partial charge in [-0.15, -0.1) is 0 Å². The van der Waals surface area contributed by atoms with Crippen molar-refractivity contribution in [2.24, 2.45) is 10.7 Å².